The second-order valence-corrected chi connectivity index (χ2v) is 7.46. The molecule has 3 heterocycles. The van der Waals surface area contributed by atoms with Gasteiger partial charge in [-0.05, 0) is 51.5 Å². The zero-order chi connectivity index (χ0) is 17.4. The van der Waals surface area contributed by atoms with E-state index in [1.165, 1.54) is 12.8 Å². The van der Waals surface area contributed by atoms with Crippen LogP contribution >= 0.6 is 0 Å². The molecule has 2 aromatic heterocycles. The smallest absolute Gasteiger partial charge is 0.274 e. The number of amides is 1. The number of piperidine rings is 1. The van der Waals surface area contributed by atoms with Gasteiger partial charge in [-0.3, -0.25) is 9.48 Å². The first-order valence-electron chi connectivity index (χ1n) is 9.50. The largest absolute Gasteiger partial charge is 0.337 e. The zero-order valence-electron chi connectivity index (χ0n) is 15.2. The molecule has 0 unspecified atom stereocenters. The summed E-state index contributed by atoms with van der Waals surface area (Å²) in [6, 6.07) is 1.91. The highest BCUT2D eigenvalue weighted by Crippen LogP contribution is 2.33. The summed E-state index contributed by atoms with van der Waals surface area (Å²) in [5, 5.41) is 4.46. The maximum Gasteiger partial charge on any atom is 0.274 e. The van der Waals surface area contributed by atoms with Crippen LogP contribution in [0.5, 0.6) is 0 Å². The molecule has 0 aromatic carbocycles. The number of imidazole rings is 1. The van der Waals surface area contributed by atoms with Gasteiger partial charge in [-0.1, -0.05) is 0 Å². The van der Waals surface area contributed by atoms with Crippen LogP contribution < -0.4 is 0 Å². The van der Waals surface area contributed by atoms with Crippen LogP contribution in [0.1, 0.15) is 60.5 Å². The Morgan fingerprint density at radius 1 is 1.32 bits per heavy atom. The molecule has 1 atom stereocenters. The molecule has 25 heavy (non-hydrogen) atoms. The predicted molar refractivity (Wildman–Crippen MR) is 95.5 cm³/mol. The molecule has 0 N–H and O–H groups in total. The van der Waals surface area contributed by atoms with E-state index in [1.807, 2.05) is 35.7 Å². The lowest BCUT2D eigenvalue weighted by molar-refractivity contribution is 0.0696. The van der Waals surface area contributed by atoms with Gasteiger partial charge in [0.1, 0.15) is 5.82 Å². The highest BCUT2D eigenvalue weighted by molar-refractivity contribution is 5.92. The SMILES string of the molecule is CCn1nc(C(=O)N2CCC[C@H](c3nccn3CC3CC3)C2)cc1C. The Morgan fingerprint density at radius 2 is 2.16 bits per heavy atom. The molecule has 1 saturated heterocycles. The van der Waals surface area contributed by atoms with Crippen LogP contribution in [0.25, 0.3) is 0 Å². The van der Waals surface area contributed by atoms with Gasteiger partial charge >= 0.3 is 0 Å². The third-order valence-electron chi connectivity index (χ3n) is 5.47. The molecule has 4 rings (SSSR count). The van der Waals surface area contributed by atoms with Crippen LogP contribution in [-0.4, -0.2) is 43.2 Å². The number of carbonyl (C=O) groups excluding carboxylic acids is 1. The van der Waals surface area contributed by atoms with Crippen molar-refractivity contribution in [2.24, 2.45) is 5.92 Å². The third kappa shape index (κ3) is 3.34. The van der Waals surface area contributed by atoms with E-state index in [1.54, 1.807) is 0 Å². The van der Waals surface area contributed by atoms with E-state index in [-0.39, 0.29) is 5.91 Å². The molecule has 1 amide bonds. The maximum absolute atomic E-state index is 12.9. The standard InChI is InChI=1S/C19H27N5O/c1-3-24-14(2)11-17(21-24)19(25)23-9-4-5-16(13-23)18-20-8-10-22(18)12-15-6-7-15/h8,10-11,15-16H,3-7,9,12-13H2,1-2H3/t16-/m0/s1. The number of rotatable bonds is 5. The van der Waals surface area contributed by atoms with Crippen LogP contribution in [0.3, 0.4) is 0 Å². The summed E-state index contributed by atoms with van der Waals surface area (Å²) < 4.78 is 4.20. The van der Waals surface area contributed by atoms with Gasteiger partial charge in [0.05, 0.1) is 0 Å². The number of nitrogens with zero attached hydrogens (tertiary/aromatic N) is 5. The molecule has 0 radical (unpaired) electrons. The molecule has 0 spiro atoms. The molecule has 2 aliphatic rings. The summed E-state index contributed by atoms with van der Waals surface area (Å²) in [5.41, 5.74) is 1.61. The molecule has 6 heteroatoms. The Bertz CT molecular complexity index is 758. The van der Waals surface area contributed by atoms with Gasteiger partial charge in [0.25, 0.3) is 5.91 Å². The molecule has 2 fully saturated rings. The second-order valence-electron chi connectivity index (χ2n) is 7.46. The maximum atomic E-state index is 12.9. The van der Waals surface area contributed by atoms with Crippen molar-refractivity contribution < 1.29 is 4.79 Å². The first-order valence-corrected chi connectivity index (χ1v) is 9.50. The molecule has 1 aliphatic heterocycles. The van der Waals surface area contributed by atoms with Crippen LogP contribution in [0.15, 0.2) is 18.5 Å². The van der Waals surface area contributed by atoms with E-state index in [4.69, 9.17) is 0 Å². The van der Waals surface area contributed by atoms with Crippen LogP contribution in [0.4, 0.5) is 0 Å². The van der Waals surface area contributed by atoms with Crippen molar-refractivity contribution in [1.29, 1.82) is 0 Å². The van der Waals surface area contributed by atoms with Crippen LogP contribution in [0.2, 0.25) is 0 Å². The monoisotopic (exact) mass is 341 g/mol. The third-order valence-corrected chi connectivity index (χ3v) is 5.47. The Kier molecular flexibility index (Phi) is 4.36. The van der Waals surface area contributed by atoms with Crippen molar-refractivity contribution in [2.45, 2.75) is 58.5 Å². The second kappa shape index (κ2) is 6.65. The lowest BCUT2D eigenvalue weighted by Gasteiger charge is -2.32. The van der Waals surface area contributed by atoms with Crippen molar-refractivity contribution in [2.75, 3.05) is 13.1 Å². The van der Waals surface area contributed by atoms with Gasteiger partial charge in [0.2, 0.25) is 0 Å². The molecule has 6 nitrogen and oxygen atoms in total. The van der Waals surface area contributed by atoms with E-state index in [0.29, 0.717) is 11.6 Å². The Labute approximate surface area is 148 Å². The van der Waals surface area contributed by atoms with Crippen LogP contribution in [0, 0.1) is 12.8 Å². The van der Waals surface area contributed by atoms with Crippen molar-refractivity contribution in [1.82, 2.24) is 24.2 Å². The van der Waals surface area contributed by atoms with Gasteiger partial charge < -0.3 is 9.47 Å². The summed E-state index contributed by atoms with van der Waals surface area (Å²) in [4.78, 5) is 19.5. The summed E-state index contributed by atoms with van der Waals surface area (Å²) in [5.74, 6) is 2.37. The molecular formula is C19H27N5O. The number of carbonyl (C=O) groups is 1. The zero-order valence-corrected chi connectivity index (χ0v) is 15.2. The molecular weight excluding hydrogens is 314 g/mol. The average molecular weight is 341 g/mol. The number of likely N-dealkylation sites (tertiary alicyclic amines) is 1. The molecule has 0 bridgehead atoms. The average Bonchev–Trinajstić information content (AvgIpc) is 3.18. The van der Waals surface area contributed by atoms with Gasteiger partial charge in [0.15, 0.2) is 5.69 Å². The van der Waals surface area contributed by atoms with Gasteiger partial charge in [-0.2, -0.15) is 5.10 Å². The Hall–Kier alpha value is -2.11. The first-order chi connectivity index (χ1) is 12.2. The fraction of sp³-hybridized carbons (Fsp3) is 0.632. The number of hydrogen-bond donors (Lipinski definition) is 0. The van der Waals surface area contributed by atoms with Crippen LogP contribution in [-0.2, 0) is 13.1 Å². The van der Waals surface area contributed by atoms with Crippen molar-refractivity contribution >= 4 is 5.91 Å². The Balaban J connectivity index is 1.48. The summed E-state index contributed by atoms with van der Waals surface area (Å²) in [6.07, 6.45) is 8.82. The van der Waals surface area contributed by atoms with Gasteiger partial charge in [0, 0.05) is 50.2 Å². The fourth-order valence-electron chi connectivity index (χ4n) is 3.88. The van der Waals surface area contributed by atoms with Crippen molar-refractivity contribution in [3.8, 4) is 0 Å². The van der Waals surface area contributed by atoms with E-state index in [0.717, 1.165) is 56.5 Å². The van der Waals surface area contributed by atoms with Gasteiger partial charge in [-0.25, -0.2) is 4.98 Å². The highest BCUT2D eigenvalue weighted by Gasteiger charge is 2.30. The molecule has 1 saturated carbocycles. The minimum atomic E-state index is 0.0558. The fourth-order valence-corrected chi connectivity index (χ4v) is 3.88. The minimum absolute atomic E-state index is 0.0558. The number of aryl methyl sites for hydroxylation is 2. The minimum Gasteiger partial charge on any atom is -0.337 e. The quantitative estimate of drug-likeness (QED) is 0.840. The van der Waals surface area contributed by atoms with E-state index < -0.39 is 0 Å². The Morgan fingerprint density at radius 3 is 2.88 bits per heavy atom. The molecule has 2 aromatic rings. The summed E-state index contributed by atoms with van der Waals surface area (Å²) in [6.45, 7) is 7.49. The predicted octanol–water partition coefficient (Wildman–Crippen LogP) is 2.84. The lowest BCUT2D eigenvalue weighted by atomic mass is 9.96. The molecule has 1 aliphatic carbocycles. The summed E-state index contributed by atoms with van der Waals surface area (Å²) in [7, 11) is 0. The highest BCUT2D eigenvalue weighted by atomic mass is 16.2. The van der Waals surface area contributed by atoms with Gasteiger partial charge in [-0.15, -0.1) is 0 Å². The van der Waals surface area contributed by atoms with Crippen molar-refractivity contribution in [3.05, 3.63) is 35.7 Å². The molecule has 134 valence electrons. The van der Waals surface area contributed by atoms with Crippen molar-refractivity contribution in [3.63, 3.8) is 0 Å². The van der Waals surface area contributed by atoms with E-state index >= 15 is 0 Å². The summed E-state index contributed by atoms with van der Waals surface area (Å²) >= 11 is 0. The van der Waals surface area contributed by atoms with E-state index in [9.17, 15) is 4.79 Å². The lowest BCUT2D eigenvalue weighted by Crippen LogP contribution is -2.40. The normalized spacial score (nSPS) is 20.9. The van der Waals surface area contributed by atoms with E-state index in [2.05, 4.69) is 20.8 Å². The number of aromatic nitrogens is 4. The topological polar surface area (TPSA) is 56.0 Å². The first kappa shape index (κ1) is 16.4. The number of hydrogen-bond acceptors (Lipinski definition) is 3.